The maximum atomic E-state index is 13.7. The number of benzene rings is 1. The number of nitrogens with zero attached hydrogens (tertiary/aromatic N) is 2. The maximum absolute atomic E-state index is 13.7. The highest BCUT2D eigenvalue weighted by Crippen LogP contribution is 2.46. The van der Waals surface area contributed by atoms with Gasteiger partial charge in [0, 0.05) is 26.1 Å². The fourth-order valence-electron chi connectivity index (χ4n) is 4.62. The summed E-state index contributed by atoms with van der Waals surface area (Å²) in [5.74, 6) is 0.00175. The predicted molar refractivity (Wildman–Crippen MR) is 94.1 cm³/mol. The smallest absolute Gasteiger partial charge is 0.223 e. The van der Waals surface area contributed by atoms with E-state index in [1.165, 1.54) is 6.07 Å². The van der Waals surface area contributed by atoms with E-state index in [0.717, 1.165) is 43.6 Å². The molecule has 24 heavy (non-hydrogen) atoms. The van der Waals surface area contributed by atoms with Crippen LogP contribution in [-0.4, -0.2) is 41.4 Å². The van der Waals surface area contributed by atoms with Gasteiger partial charge >= 0.3 is 0 Å². The van der Waals surface area contributed by atoms with Gasteiger partial charge in [0.25, 0.3) is 0 Å². The zero-order valence-electron chi connectivity index (χ0n) is 14.3. The molecule has 0 aromatic heterocycles. The molecule has 3 rings (SSSR count). The molecule has 2 fully saturated rings. The lowest BCUT2D eigenvalue weighted by Crippen LogP contribution is -2.64. The molecule has 0 radical (unpaired) electrons. The van der Waals surface area contributed by atoms with Crippen LogP contribution < -0.4 is 0 Å². The SMILES string of the molecule is C=CCN1CCN2C(=O)CCC2C1(CC=C)c1ccc(F)cc1C. The second-order valence-electron chi connectivity index (χ2n) is 6.75. The number of halogens is 1. The molecule has 2 aliphatic rings. The van der Waals surface area contributed by atoms with E-state index < -0.39 is 0 Å². The molecule has 2 saturated heterocycles. The van der Waals surface area contributed by atoms with E-state index in [1.807, 2.05) is 30.0 Å². The van der Waals surface area contributed by atoms with Crippen LogP contribution in [0, 0.1) is 12.7 Å². The lowest BCUT2D eigenvalue weighted by molar-refractivity contribution is -0.136. The van der Waals surface area contributed by atoms with Gasteiger partial charge in [-0.25, -0.2) is 4.39 Å². The number of carbonyl (C=O) groups is 1. The van der Waals surface area contributed by atoms with Crippen molar-refractivity contribution in [1.29, 1.82) is 0 Å². The average Bonchev–Trinajstić information content (AvgIpc) is 2.92. The van der Waals surface area contributed by atoms with Crippen LogP contribution in [0.15, 0.2) is 43.5 Å². The molecular weight excluding hydrogens is 303 g/mol. The van der Waals surface area contributed by atoms with Crippen molar-refractivity contribution in [1.82, 2.24) is 9.80 Å². The summed E-state index contributed by atoms with van der Waals surface area (Å²) in [6.07, 6.45) is 5.97. The standard InChI is InChI=1S/C20H25FN2O/c1-4-10-20(17-7-6-16(21)14-15(17)3)18-8-9-19(24)23(18)13-12-22(20)11-5-2/h4-7,14,18H,1-2,8-13H2,3H3. The monoisotopic (exact) mass is 328 g/mol. The summed E-state index contributed by atoms with van der Waals surface area (Å²) < 4.78 is 13.7. The van der Waals surface area contributed by atoms with Gasteiger partial charge in [-0.3, -0.25) is 9.69 Å². The Bertz CT molecular complexity index is 672. The van der Waals surface area contributed by atoms with Gasteiger partial charge in [-0.2, -0.15) is 0 Å². The second-order valence-corrected chi connectivity index (χ2v) is 6.75. The minimum atomic E-state index is -0.363. The molecule has 3 nitrogen and oxygen atoms in total. The van der Waals surface area contributed by atoms with Gasteiger partial charge in [0.05, 0.1) is 11.6 Å². The number of fused-ring (bicyclic) bond motifs is 1. The van der Waals surface area contributed by atoms with E-state index in [-0.39, 0.29) is 23.3 Å². The Morgan fingerprint density at radius 3 is 2.79 bits per heavy atom. The third-order valence-corrected chi connectivity index (χ3v) is 5.51. The molecule has 2 atom stereocenters. The third-order valence-electron chi connectivity index (χ3n) is 5.51. The number of piperazine rings is 1. The first kappa shape index (κ1) is 16.9. The van der Waals surface area contributed by atoms with Crippen molar-refractivity contribution in [2.24, 2.45) is 0 Å². The summed E-state index contributed by atoms with van der Waals surface area (Å²) in [5, 5.41) is 0. The van der Waals surface area contributed by atoms with E-state index >= 15 is 0 Å². The Morgan fingerprint density at radius 2 is 2.12 bits per heavy atom. The Kier molecular flexibility index (Phi) is 4.59. The van der Waals surface area contributed by atoms with Crippen molar-refractivity contribution in [2.75, 3.05) is 19.6 Å². The van der Waals surface area contributed by atoms with Gasteiger partial charge in [-0.1, -0.05) is 18.2 Å². The normalized spacial score (nSPS) is 27.2. The van der Waals surface area contributed by atoms with Crippen molar-refractivity contribution in [3.05, 3.63) is 60.5 Å². The van der Waals surface area contributed by atoms with E-state index in [9.17, 15) is 9.18 Å². The molecule has 2 unspecified atom stereocenters. The summed E-state index contributed by atoms with van der Waals surface area (Å²) in [6, 6.07) is 5.09. The summed E-state index contributed by atoms with van der Waals surface area (Å²) in [4.78, 5) is 16.7. The molecule has 1 aromatic rings. The summed E-state index contributed by atoms with van der Waals surface area (Å²) in [5.41, 5.74) is 1.65. The van der Waals surface area contributed by atoms with Gasteiger partial charge in [-0.15, -0.1) is 13.2 Å². The lowest BCUT2D eigenvalue weighted by Gasteiger charge is -2.55. The van der Waals surface area contributed by atoms with E-state index in [4.69, 9.17) is 0 Å². The molecule has 0 bridgehead atoms. The summed E-state index contributed by atoms with van der Waals surface area (Å²) in [6.45, 7) is 12.1. The van der Waals surface area contributed by atoms with E-state index in [2.05, 4.69) is 18.1 Å². The fraction of sp³-hybridized carbons (Fsp3) is 0.450. The van der Waals surface area contributed by atoms with Gasteiger partial charge in [0.2, 0.25) is 5.91 Å². The van der Waals surface area contributed by atoms with E-state index in [1.54, 1.807) is 6.07 Å². The second kappa shape index (κ2) is 6.52. The molecular formula is C20H25FN2O. The highest BCUT2D eigenvalue weighted by Gasteiger charge is 2.53. The largest absolute Gasteiger partial charge is 0.336 e. The van der Waals surface area contributed by atoms with Crippen LogP contribution in [-0.2, 0) is 10.3 Å². The molecule has 0 N–H and O–H groups in total. The molecule has 1 aromatic carbocycles. The summed E-state index contributed by atoms with van der Waals surface area (Å²) >= 11 is 0. The minimum Gasteiger partial charge on any atom is -0.336 e. The maximum Gasteiger partial charge on any atom is 0.223 e. The van der Waals surface area contributed by atoms with Crippen molar-refractivity contribution in [3.63, 3.8) is 0 Å². The van der Waals surface area contributed by atoms with Crippen molar-refractivity contribution in [2.45, 2.75) is 37.8 Å². The summed E-state index contributed by atoms with van der Waals surface area (Å²) in [7, 11) is 0. The number of amides is 1. The number of hydrogen-bond donors (Lipinski definition) is 0. The Balaban J connectivity index is 2.19. The van der Waals surface area contributed by atoms with Crippen LogP contribution in [0.4, 0.5) is 4.39 Å². The van der Waals surface area contributed by atoms with Gasteiger partial charge < -0.3 is 4.90 Å². The van der Waals surface area contributed by atoms with Crippen molar-refractivity contribution in [3.8, 4) is 0 Å². The van der Waals surface area contributed by atoms with Crippen LogP contribution in [0.3, 0.4) is 0 Å². The van der Waals surface area contributed by atoms with Crippen LogP contribution in [0.2, 0.25) is 0 Å². The number of hydrogen-bond acceptors (Lipinski definition) is 2. The highest BCUT2D eigenvalue weighted by atomic mass is 19.1. The number of carbonyl (C=O) groups excluding carboxylic acids is 1. The molecule has 2 aliphatic heterocycles. The zero-order chi connectivity index (χ0) is 17.3. The zero-order valence-corrected chi connectivity index (χ0v) is 14.3. The van der Waals surface area contributed by atoms with Crippen molar-refractivity contribution < 1.29 is 9.18 Å². The number of rotatable bonds is 5. The van der Waals surface area contributed by atoms with Crippen LogP contribution in [0.25, 0.3) is 0 Å². The molecule has 1 amide bonds. The molecule has 0 aliphatic carbocycles. The van der Waals surface area contributed by atoms with E-state index in [0.29, 0.717) is 6.42 Å². The lowest BCUT2D eigenvalue weighted by atomic mass is 9.74. The molecule has 0 saturated carbocycles. The Labute approximate surface area is 143 Å². The first-order valence-corrected chi connectivity index (χ1v) is 8.57. The third kappa shape index (κ3) is 2.49. The van der Waals surface area contributed by atoms with Crippen LogP contribution in [0.5, 0.6) is 0 Å². The van der Waals surface area contributed by atoms with Gasteiger partial charge in [-0.05, 0) is 43.0 Å². The van der Waals surface area contributed by atoms with Gasteiger partial charge in [0.15, 0.2) is 0 Å². The highest BCUT2D eigenvalue weighted by molar-refractivity contribution is 5.79. The first-order valence-electron chi connectivity index (χ1n) is 8.57. The Morgan fingerprint density at radius 1 is 1.33 bits per heavy atom. The first-order chi connectivity index (χ1) is 11.5. The van der Waals surface area contributed by atoms with Crippen molar-refractivity contribution >= 4 is 5.91 Å². The molecule has 4 heteroatoms. The molecule has 0 spiro atoms. The quantitative estimate of drug-likeness (QED) is 0.774. The minimum absolute atomic E-state index is 0.0980. The fourth-order valence-corrected chi connectivity index (χ4v) is 4.62. The average molecular weight is 328 g/mol. The molecule has 2 heterocycles. The Hall–Kier alpha value is -1.94. The number of aryl methyl sites for hydroxylation is 1. The molecule has 128 valence electrons. The van der Waals surface area contributed by atoms with Crippen LogP contribution in [0.1, 0.15) is 30.4 Å². The topological polar surface area (TPSA) is 23.6 Å². The predicted octanol–water partition coefficient (Wildman–Crippen LogP) is 3.40. The van der Waals surface area contributed by atoms with Gasteiger partial charge in [0.1, 0.15) is 5.82 Å². The van der Waals surface area contributed by atoms with Crippen LogP contribution >= 0.6 is 0 Å².